The van der Waals surface area contributed by atoms with Gasteiger partial charge in [-0.05, 0) is 40.9 Å². The van der Waals surface area contributed by atoms with Gasteiger partial charge in [0.2, 0.25) is 0 Å². The van der Waals surface area contributed by atoms with E-state index in [0.29, 0.717) is 23.2 Å². The molecule has 0 aliphatic carbocycles. The third-order valence-corrected chi connectivity index (χ3v) is 2.92. The van der Waals surface area contributed by atoms with Gasteiger partial charge in [0.25, 0.3) is 0 Å². The van der Waals surface area contributed by atoms with Gasteiger partial charge >= 0.3 is 0 Å². The number of rotatable bonds is 0. The van der Waals surface area contributed by atoms with Crippen LogP contribution in [0.15, 0.2) is 16.6 Å². The monoisotopic (exact) mass is 260 g/mol. The summed E-state index contributed by atoms with van der Waals surface area (Å²) >= 11 is 3.28. The first-order chi connectivity index (χ1) is 6.70. The highest BCUT2D eigenvalue weighted by Crippen LogP contribution is 2.38. The Morgan fingerprint density at radius 3 is 3.07 bits per heavy atom. The van der Waals surface area contributed by atoms with Crippen LogP contribution in [-0.2, 0) is 0 Å². The maximum Gasteiger partial charge on any atom is 0.142 e. The predicted octanol–water partition coefficient (Wildman–Crippen LogP) is 2.79. The highest BCUT2D eigenvalue weighted by atomic mass is 79.9. The van der Waals surface area contributed by atoms with Gasteiger partial charge in [-0.3, -0.25) is 0 Å². The molecule has 0 spiro atoms. The Bertz CT molecular complexity index is 354. The minimum atomic E-state index is -0.759. The lowest BCUT2D eigenvalue weighted by atomic mass is 10.0. The first kappa shape index (κ1) is 9.93. The topological polar surface area (TPSA) is 29.5 Å². The number of ether oxygens (including phenoxy) is 1. The van der Waals surface area contributed by atoms with Gasteiger partial charge in [-0.15, -0.1) is 0 Å². The van der Waals surface area contributed by atoms with Crippen LogP contribution in [0.3, 0.4) is 0 Å². The van der Waals surface area contributed by atoms with Crippen molar-refractivity contribution in [2.45, 2.75) is 18.9 Å². The largest absolute Gasteiger partial charge is 0.492 e. The molecule has 0 aromatic heterocycles. The van der Waals surface area contributed by atoms with Gasteiger partial charge in [0.1, 0.15) is 11.6 Å². The number of aliphatic hydroxyl groups excluding tert-OH is 1. The minimum absolute atomic E-state index is 0.275. The third-order valence-electron chi connectivity index (χ3n) is 2.30. The molecule has 1 aliphatic rings. The molecule has 0 unspecified atom stereocenters. The Morgan fingerprint density at radius 1 is 1.50 bits per heavy atom. The Balaban J connectivity index is 2.57. The molecule has 1 N–H and O–H groups in total. The summed E-state index contributed by atoms with van der Waals surface area (Å²) in [5, 5.41) is 9.71. The van der Waals surface area contributed by atoms with Crippen molar-refractivity contribution >= 4 is 15.9 Å². The van der Waals surface area contributed by atoms with Crippen molar-refractivity contribution in [1.29, 1.82) is 0 Å². The lowest BCUT2D eigenvalue weighted by Crippen LogP contribution is -2.00. The molecule has 0 amide bonds. The van der Waals surface area contributed by atoms with E-state index in [1.54, 1.807) is 6.07 Å². The van der Waals surface area contributed by atoms with Gasteiger partial charge in [0, 0.05) is 0 Å². The van der Waals surface area contributed by atoms with E-state index in [1.807, 2.05) is 0 Å². The molecule has 2 nitrogen and oxygen atoms in total. The standard InChI is InChI=1S/C10H10BrFO2/c11-6-3-4-7(12)9-8(13)2-1-5-14-10(6)9/h3-4,8,13H,1-2,5H2/t8-/m1/s1. The summed E-state index contributed by atoms with van der Waals surface area (Å²) in [4.78, 5) is 0. The van der Waals surface area contributed by atoms with Crippen LogP contribution in [0.5, 0.6) is 5.75 Å². The van der Waals surface area contributed by atoms with Crippen molar-refractivity contribution in [2.75, 3.05) is 6.61 Å². The summed E-state index contributed by atoms with van der Waals surface area (Å²) in [5.74, 6) is 0.0348. The van der Waals surface area contributed by atoms with Crippen LogP contribution >= 0.6 is 15.9 Å². The Labute approximate surface area is 89.8 Å². The van der Waals surface area contributed by atoms with Crippen molar-refractivity contribution in [3.8, 4) is 5.75 Å². The molecular weight excluding hydrogens is 251 g/mol. The number of aliphatic hydroxyl groups is 1. The van der Waals surface area contributed by atoms with E-state index in [-0.39, 0.29) is 5.56 Å². The normalized spacial score (nSPS) is 20.9. The molecule has 0 fully saturated rings. The summed E-state index contributed by atoms with van der Waals surface area (Å²) in [7, 11) is 0. The number of fused-ring (bicyclic) bond motifs is 1. The van der Waals surface area contributed by atoms with Gasteiger partial charge in [0.15, 0.2) is 0 Å². The van der Waals surface area contributed by atoms with Crippen LogP contribution in [0.4, 0.5) is 4.39 Å². The molecule has 1 aromatic carbocycles. The van der Waals surface area contributed by atoms with Crippen molar-refractivity contribution in [3.63, 3.8) is 0 Å². The first-order valence-corrected chi connectivity index (χ1v) is 5.28. The minimum Gasteiger partial charge on any atom is -0.492 e. The fourth-order valence-corrected chi connectivity index (χ4v) is 2.06. The van der Waals surface area contributed by atoms with Crippen molar-refractivity contribution in [3.05, 3.63) is 28.0 Å². The van der Waals surface area contributed by atoms with E-state index >= 15 is 0 Å². The fourth-order valence-electron chi connectivity index (χ4n) is 1.60. The number of halogens is 2. The molecule has 1 heterocycles. The van der Waals surface area contributed by atoms with Gasteiger partial charge < -0.3 is 9.84 Å². The van der Waals surface area contributed by atoms with Gasteiger partial charge in [-0.2, -0.15) is 0 Å². The van der Waals surface area contributed by atoms with Gasteiger partial charge in [-0.1, -0.05) is 0 Å². The Hall–Kier alpha value is -0.610. The second-order valence-electron chi connectivity index (χ2n) is 3.28. The van der Waals surface area contributed by atoms with Gasteiger partial charge in [-0.25, -0.2) is 4.39 Å². The van der Waals surface area contributed by atoms with Crippen LogP contribution in [0.2, 0.25) is 0 Å². The molecule has 1 atom stereocenters. The molecule has 2 rings (SSSR count). The van der Waals surface area contributed by atoms with Gasteiger partial charge in [0.05, 0.1) is 22.7 Å². The zero-order valence-electron chi connectivity index (χ0n) is 7.46. The maximum absolute atomic E-state index is 13.4. The molecule has 0 radical (unpaired) electrons. The van der Waals surface area contributed by atoms with Crippen molar-refractivity contribution in [1.82, 2.24) is 0 Å². The average molecular weight is 261 g/mol. The molecule has 0 saturated carbocycles. The molecule has 0 bridgehead atoms. The zero-order chi connectivity index (χ0) is 10.1. The predicted molar refractivity (Wildman–Crippen MR) is 53.8 cm³/mol. The van der Waals surface area contributed by atoms with Crippen LogP contribution < -0.4 is 4.74 Å². The van der Waals surface area contributed by atoms with E-state index in [1.165, 1.54) is 6.07 Å². The van der Waals surface area contributed by atoms with E-state index in [0.717, 1.165) is 6.42 Å². The number of hydrogen-bond acceptors (Lipinski definition) is 2. The molecule has 1 aliphatic heterocycles. The van der Waals surface area contributed by atoms with Crippen molar-refractivity contribution < 1.29 is 14.2 Å². The summed E-state index contributed by atoms with van der Waals surface area (Å²) < 4.78 is 19.5. The molecule has 0 saturated heterocycles. The molecule has 4 heteroatoms. The second kappa shape index (κ2) is 3.87. The number of benzene rings is 1. The summed E-state index contributed by atoms with van der Waals surface area (Å²) in [5.41, 5.74) is 0.275. The van der Waals surface area contributed by atoms with Crippen LogP contribution in [0.25, 0.3) is 0 Å². The summed E-state index contributed by atoms with van der Waals surface area (Å²) in [6, 6.07) is 2.92. The van der Waals surface area contributed by atoms with Crippen LogP contribution in [0.1, 0.15) is 24.5 Å². The lowest BCUT2D eigenvalue weighted by Gasteiger charge is -2.13. The number of hydrogen-bond donors (Lipinski definition) is 1. The third kappa shape index (κ3) is 1.64. The van der Waals surface area contributed by atoms with Crippen LogP contribution in [-0.4, -0.2) is 11.7 Å². The summed E-state index contributed by atoms with van der Waals surface area (Å²) in [6.07, 6.45) is 0.521. The highest BCUT2D eigenvalue weighted by Gasteiger charge is 2.23. The molecule has 76 valence electrons. The average Bonchev–Trinajstić information content (AvgIpc) is 2.35. The molecular formula is C10H10BrFO2. The fraction of sp³-hybridized carbons (Fsp3) is 0.400. The van der Waals surface area contributed by atoms with E-state index < -0.39 is 11.9 Å². The maximum atomic E-state index is 13.4. The smallest absolute Gasteiger partial charge is 0.142 e. The summed E-state index contributed by atoms with van der Waals surface area (Å²) in [6.45, 7) is 0.520. The quantitative estimate of drug-likeness (QED) is 0.778. The zero-order valence-corrected chi connectivity index (χ0v) is 9.05. The van der Waals surface area contributed by atoms with Crippen molar-refractivity contribution in [2.24, 2.45) is 0 Å². The Morgan fingerprint density at radius 2 is 2.29 bits per heavy atom. The Kier molecular flexibility index (Phi) is 2.74. The molecule has 14 heavy (non-hydrogen) atoms. The van der Waals surface area contributed by atoms with Crippen LogP contribution in [0, 0.1) is 5.82 Å². The lowest BCUT2D eigenvalue weighted by molar-refractivity contribution is 0.163. The molecule has 1 aromatic rings. The second-order valence-corrected chi connectivity index (χ2v) is 4.13. The SMILES string of the molecule is O[C@@H]1CCCOc2c(Br)ccc(F)c21. The van der Waals surface area contributed by atoms with E-state index in [2.05, 4.69) is 15.9 Å². The highest BCUT2D eigenvalue weighted by molar-refractivity contribution is 9.10. The van der Waals surface area contributed by atoms with E-state index in [4.69, 9.17) is 4.74 Å². The van der Waals surface area contributed by atoms with E-state index in [9.17, 15) is 9.50 Å². The first-order valence-electron chi connectivity index (χ1n) is 4.49.